The lowest BCUT2D eigenvalue weighted by Crippen LogP contribution is -1.85. The Kier molecular flexibility index (Phi) is 3.55. The highest BCUT2D eigenvalue weighted by Crippen LogP contribution is 2.25. The van der Waals surface area contributed by atoms with Gasteiger partial charge >= 0.3 is 0 Å². The summed E-state index contributed by atoms with van der Waals surface area (Å²) in [5.41, 5.74) is 1.69. The van der Waals surface area contributed by atoms with Gasteiger partial charge in [-0.05, 0) is 42.5 Å². The molecule has 0 aliphatic carbocycles. The summed E-state index contributed by atoms with van der Waals surface area (Å²) in [7, 11) is 3.25. The SMILES string of the molecule is COc1ccc(-c2noc(-c3cccc(OC)c3)n2)cc1. The number of ether oxygens (including phenoxy) is 2. The largest absolute Gasteiger partial charge is 0.497 e. The van der Waals surface area contributed by atoms with Crippen molar-refractivity contribution in [2.75, 3.05) is 14.2 Å². The third-order valence-electron chi connectivity index (χ3n) is 3.09. The van der Waals surface area contributed by atoms with E-state index < -0.39 is 0 Å². The Bertz CT molecular complexity index is 735. The quantitative estimate of drug-likeness (QED) is 0.733. The molecule has 2 aromatic carbocycles. The fourth-order valence-electron chi connectivity index (χ4n) is 1.95. The monoisotopic (exact) mass is 282 g/mol. The van der Waals surface area contributed by atoms with E-state index in [2.05, 4.69) is 10.1 Å². The third-order valence-corrected chi connectivity index (χ3v) is 3.09. The van der Waals surface area contributed by atoms with Crippen LogP contribution in [0, 0.1) is 0 Å². The van der Waals surface area contributed by atoms with Crippen LogP contribution in [0.3, 0.4) is 0 Å². The molecule has 21 heavy (non-hydrogen) atoms. The minimum atomic E-state index is 0.458. The standard InChI is InChI=1S/C16H14N2O3/c1-19-13-8-6-11(7-9-13)15-17-16(21-18-15)12-4-3-5-14(10-12)20-2/h3-10H,1-2H3. The summed E-state index contributed by atoms with van der Waals surface area (Å²) in [5.74, 6) is 2.53. The molecule has 0 atom stereocenters. The van der Waals surface area contributed by atoms with E-state index in [0.717, 1.165) is 22.6 Å². The fourth-order valence-corrected chi connectivity index (χ4v) is 1.95. The van der Waals surface area contributed by atoms with Crippen molar-refractivity contribution in [2.45, 2.75) is 0 Å². The van der Waals surface area contributed by atoms with Crippen molar-refractivity contribution >= 4 is 0 Å². The van der Waals surface area contributed by atoms with Gasteiger partial charge in [0.25, 0.3) is 5.89 Å². The Morgan fingerprint density at radius 2 is 1.62 bits per heavy atom. The maximum atomic E-state index is 5.31. The highest BCUT2D eigenvalue weighted by atomic mass is 16.5. The molecule has 3 rings (SSSR count). The summed E-state index contributed by atoms with van der Waals surface area (Å²) in [6.07, 6.45) is 0. The highest BCUT2D eigenvalue weighted by molar-refractivity contribution is 5.61. The maximum Gasteiger partial charge on any atom is 0.258 e. The molecule has 1 aromatic heterocycles. The van der Waals surface area contributed by atoms with E-state index in [-0.39, 0.29) is 0 Å². The van der Waals surface area contributed by atoms with E-state index in [9.17, 15) is 0 Å². The molecule has 0 fully saturated rings. The minimum absolute atomic E-state index is 0.458. The first-order chi connectivity index (χ1) is 10.3. The van der Waals surface area contributed by atoms with Gasteiger partial charge in [0.15, 0.2) is 0 Å². The van der Waals surface area contributed by atoms with Gasteiger partial charge in [0.1, 0.15) is 11.5 Å². The average molecular weight is 282 g/mol. The van der Waals surface area contributed by atoms with Crippen LogP contribution in [0.2, 0.25) is 0 Å². The summed E-state index contributed by atoms with van der Waals surface area (Å²) >= 11 is 0. The Labute approximate surface area is 122 Å². The number of hydrogen-bond donors (Lipinski definition) is 0. The number of nitrogens with zero attached hydrogens (tertiary/aromatic N) is 2. The molecule has 0 N–H and O–H groups in total. The van der Waals surface area contributed by atoms with Gasteiger partial charge < -0.3 is 14.0 Å². The Morgan fingerprint density at radius 1 is 0.857 bits per heavy atom. The second-order valence-electron chi connectivity index (χ2n) is 4.38. The van der Waals surface area contributed by atoms with Crippen molar-refractivity contribution in [1.82, 2.24) is 10.1 Å². The Hall–Kier alpha value is -2.82. The molecule has 0 unspecified atom stereocenters. The molecule has 0 bridgehead atoms. The molecule has 0 amide bonds. The number of rotatable bonds is 4. The molecule has 0 saturated carbocycles. The van der Waals surface area contributed by atoms with Gasteiger partial charge in [-0.25, -0.2) is 0 Å². The predicted octanol–water partition coefficient (Wildman–Crippen LogP) is 3.42. The average Bonchev–Trinajstić information content (AvgIpc) is 3.05. The molecule has 5 nitrogen and oxygen atoms in total. The van der Waals surface area contributed by atoms with Crippen LogP contribution < -0.4 is 9.47 Å². The van der Waals surface area contributed by atoms with E-state index in [1.807, 2.05) is 48.5 Å². The van der Waals surface area contributed by atoms with E-state index in [4.69, 9.17) is 14.0 Å². The van der Waals surface area contributed by atoms with Gasteiger partial charge in [-0.15, -0.1) is 0 Å². The zero-order valence-corrected chi connectivity index (χ0v) is 11.7. The molecule has 5 heteroatoms. The molecule has 1 heterocycles. The van der Waals surface area contributed by atoms with Crippen molar-refractivity contribution in [3.05, 3.63) is 48.5 Å². The van der Waals surface area contributed by atoms with E-state index in [1.54, 1.807) is 14.2 Å². The van der Waals surface area contributed by atoms with Gasteiger partial charge in [-0.1, -0.05) is 11.2 Å². The van der Waals surface area contributed by atoms with Crippen molar-refractivity contribution in [2.24, 2.45) is 0 Å². The lowest BCUT2D eigenvalue weighted by Gasteiger charge is -2.00. The predicted molar refractivity (Wildman–Crippen MR) is 78.3 cm³/mol. The molecule has 0 radical (unpaired) electrons. The van der Waals surface area contributed by atoms with Gasteiger partial charge in [-0.2, -0.15) is 4.98 Å². The molecule has 0 aliphatic rings. The van der Waals surface area contributed by atoms with Crippen LogP contribution in [0.25, 0.3) is 22.8 Å². The topological polar surface area (TPSA) is 57.4 Å². The lowest BCUT2D eigenvalue weighted by atomic mass is 10.2. The van der Waals surface area contributed by atoms with Crippen LogP contribution in [-0.2, 0) is 0 Å². The van der Waals surface area contributed by atoms with Gasteiger partial charge in [-0.3, -0.25) is 0 Å². The zero-order valence-electron chi connectivity index (χ0n) is 11.7. The number of methoxy groups -OCH3 is 2. The number of aromatic nitrogens is 2. The lowest BCUT2D eigenvalue weighted by molar-refractivity contribution is 0.413. The summed E-state index contributed by atoms with van der Waals surface area (Å²) in [4.78, 5) is 4.41. The van der Waals surface area contributed by atoms with Crippen LogP contribution in [-0.4, -0.2) is 24.4 Å². The minimum Gasteiger partial charge on any atom is -0.497 e. The second-order valence-corrected chi connectivity index (χ2v) is 4.38. The summed E-state index contributed by atoms with van der Waals surface area (Å²) in [6, 6.07) is 15.0. The molecule has 106 valence electrons. The second kappa shape index (κ2) is 5.66. The summed E-state index contributed by atoms with van der Waals surface area (Å²) in [5, 5.41) is 4.01. The first kappa shape index (κ1) is 13.2. The summed E-state index contributed by atoms with van der Waals surface area (Å²) < 4.78 is 15.6. The highest BCUT2D eigenvalue weighted by Gasteiger charge is 2.11. The molecule has 0 saturated heterocycles. The van der Waals surface area contributed by atoms with Crippen LogP contribution in [0.1, 0.15) is 0 Å². The van der Waals surface area contributed by atoms with Crippen molar-refractivity contribution < 1.29 is 14.0 Å². The van der Waals surface area contributed by atoms with Crippen molar-refractivity contribution in [3.8, 4) is 34.3 Å². The summed E-state index contributed by atoms with van der Waals surface area (Å²) in [6.45, 7) is 0. The first-order valence-electron chi connectivity index (χ1n) is 6.42. The molecule has 0 spiro atoms. The number of benzene rings is 2. The van der Waals surface area contributed by atoms with E-state index in [0.29, 0.717) is 11.7 Å². The van der Waals surface area contributed by atoms with Crippen molar-refractivity contribution in [1.29, 1.82) is 0 Å². The van der Waals surface area contributed by atoms with Crippen molar-refractivity contribution in [3.63, 3.8) is 0 Å². The smallest absolute Gasteiger partial charge is 0.258 e. The Balaban J connectivity index is 1.91. The van der Waals surface area contributed by atoms with Crippen LogP contribution >= 0.6 is 0 Å². The molecular weight excluding hydrogens is 268 g/mol. The molecule has 3 aromatic rings. The van der Waals surface area contributed by atoms with Crippen LogP contribution in [0.4, 0.5) is 0 Å². The Morgan fingerprint density at radius 3 is 2.33 bits per heavy atom. The fraction of sp³-hybridized carbons (Fsp3) is 0.125. The number of hydrogen-bond acceptors (Lipinski definition) is 5. The third kappa shape index (κ3) is 2.72. The maximum absolute atomic E-state index is 5.31. The van der Waals surface area contributed by atoms with Crippen LogP contribution in [0.15, 0.2) is 53.1 Å². The van der Waals surface area contributed by atoms with E-state index in [1.165, 1.54) is 0 Å². The van der Waals surface area contributed by atoms with Gasteiger partial charge in [0, 0.05) is 11.1 Å². The van der Waals surface area contributed by atoms with Gasteiger partial charge in [0.05, 0.1) is 14.2 Å². The van der Waals surface area contributed by atoms with E-state index >= 15 is 0 Å². The van der Waals surface area contributed by atoms with Crippen LogP contribution in [0.5, 0.6) is 11.5 Å². The normalized spacial score (nSPS) is 10.4. The van der Waals surface area contributed by atoms with Gasteiger partial charge in [0.2, 0.25) is 5.82 Å². The molecule has 0 aliphatic heterocycles. The zero-order chi connectivity index (χ0) is 14.7. The first-order valence-corrected chi connectivity index (χ1v) is 6.42. The molecular formula is C16H14N2O3.